The molecule has 2 aliphatic rings. The maximum Gasteiger partial charge on any atom is 0.433 e. The lowest BCUT2D eigenvalue weighted by molar-refractivity contribution is -0.141. The van der Waals surface area contributed by atoms with Crippen molar-refractivity contribution in [2.75, 3.05) is 18.0 Å². The molecule has 1 atom stereocenters. The molecule has 128 valence electrons. The lowest BCUT2D eigenvalue weighted by Gasteiger charge is -2.33. The average Bonchev–Trinajstić information content (AvgIpc) is 3.31. The highest BCUT2D eigenvalue weighted by molar-refractivity contribution is 7.90. The molecule has 2 heterocycles. The Bertz CT molecular complexity index is 676. The highest BCUT2D eigenvalue weighted by atomic mass is 32.2. The fourth-order valence-electron chi connectivity index (χ4n) is 2.66. The standard InChI is InChI=1S/C13H17F3N4O2S/c14-13(15,16)11-6-12(18-8-17-11)20-5-1-2-9(7-20)19-23(21,22)10-3-4-10/h6,8-10,19H,1-5,7H2. The van der Waals surface area contributed by atoms with Crippen molar-refractivity contribution >= 4 is 15.8 Å². The van der Waals surface area contributed by atoms with E-state index >= 15 is 0 Å². The minimum absolute atomic E-state index is 0.169. The van der Waals surface area contributed by atoms with Crippen LogP contribution in [0.5, 0.6) is 0 Å². The summed E-state index contributed by atoms with van der Waals surface area (Å²) in [5.41, 5.74) is -0.997. The molecule has 3 rings (SSSR count). The van der Waals surface area contributed by atoms with Crippen molar-refractivity contribution in [3.05, 3.63) is 18.1 Å². The van der Waals surface area contributed by atoms with Crippen LogP contribution in [-0.2, 0) is 16.2 Å². The first-order valence-corrected chi connectivity index (χ1v) is 8.96. The molecule has 1 saturated carbocycles. The summed E-state index contributed by atoms with van der Waals surface area (Å²) in [5, 5.41) is -0.311. The van der Waals surface area contributed by atoms with Crippen LogP contribution in [0.25, 0.3) is 0 Å². The first-order valence-electron chi connectivity index (χ1n) is 7.41. The number of alkyl halides is 3. The summed E-state index contributed by atoms with van der Waals surface area (Å²) >= 11 is 0. The van der Waals surface area contributed by atoms with Crippen molar-refractivity contribution in [2.24, 2.45) is 0 Å². The fourth-order valence-corrected chi connectivity index (χ4v) is 4.27. The second kappa shape index (κ2) is 5.90. The Hall–Kier alpha value is -1.42. The topological polar surface area (TPSA) is 75.2 Å². The van der Waals surface area contributed by atoms with Crippen LogP contribution in [0.2, 0.25) is 0 Å². The number of aromatic nitrogens is 2. The first-order chi connectivity index (χ1) is 10.8. The van der Waals surface area contributed by atoms with Gasteiger partial charge in [0.1, 0.15) is 17.8 Å². The molecule has 1 aromatic rings. The molecule has 1 N–H and O–H groups in total. The van der Waals surface area contributed by atoms with Gasteiger partial charge in [0, 0.05) is 25.2 Å². The number of nitrogens with one attached hydrogen (secondary N) is 1. The number of hydrogen-bond acceptors (Lipinski definition) is 5. The van der Waals surface area contributed by atoms with Gasteiger partial charge in [-0.15, -0.1) is 0 Å². The van der Waals surface area contributed by atoms with Crippen LogP contribution in [0.4, 0.5) is 19.0 Å². The van der Waals surface area contributed by atoms with Crippen LogP contribution in [0, 0.1) is 0 Å². The SMILES string of the molecule is O=S(=O)(NC1CCCN(c2cc(C(F)(F)F)ncn2)C1)C1CC1. The number of piperidine rings is 1. The quantitative estimate of drug-likeness (QED) is 0.892. The van der Waals surface area contributed by atoms with Gasteiger partial charge < -0.3 is 4.90 Å². The molecular weight excluding hydrogens is 333 g/mol. The van der Waals surface area contributed by atoms with E-state index in [4.69, 9.17) is 0 Å². The molecule has 23 heavy (non-hydrogen) atoms. The maximum absolute atomic E-state index is 12.7. The smallest absolute Gasteiger partial charge is 0.355 e. The molecule has 2 fully saturated rings. The number of halogens is 3. The van der Waals surface area contributed by atoms with E-state index < -0.39 is 21.9 Å². The van der Waals surface area contributed by atoms with Gasteiger partial charge in [-0.05, 0) is 25.7 Å². The van der Waals surface area contributed by atoms with E-state index in [9.17, 15) is 21.6 Å². The Labute approximate surface area is 132 Å². The lowest BCUT2D eigenvalue weighted by Crippen LogP contribution is -2.48. The lowest BCUT2D eigenvalue weighted by atomic mass is 10.1. The fraction of sp³-hybridized carbons (Fsp3) is 0.692. The maximum atomic E-state index is 12.7. The number of nitrogens with zero attached hydrogens (tertiary/aromatic N) is 3. The minimum atomic E-state index is -4.53. The molecule has 0 aromatic carbocycles. The average molecular weight is 350 g/mol. The summed E-state index contributed by atoms with van der Waals surface area (Å²) in [5.74, 6) is 0.169. The summed E-state index contributed by atoms with van der Waals surface area (Å²) in [6, 6.07) is 0.594. The van der Waals surface area contributed by atoms with Crippen molar-refractivity contribution < 1.29 is 21.6 Å². The van der Waals surface area contributed by atoms with Crippen molar-refractivity contribution in [3.63, 3.8) is 0 Å². The first kappa shape index (κ1) is 16.4. The van der Waals surface area contributed by atoms with E-state index in [2.05, 4.69) is 14.7 Å². The zero-order chi connectivity index (χ0) is 16.7. The van der Waals surface area contributed by atoms with Gasteiger partial charge in [0.15, 0.2) is 0 Å². The number of rotatable bonds is 4. The third-order valence-corrected chi connectivity index (χ3v) is 5.99. The van der Waals surface area contributed by atoms with Crippen molar-refractivity contribution in [2.45, 2.75) is 43.2 Å². The van der Waals surface area contributed by atoms with Gasteiger partial charge in [-0.25, -0.2) is 23.1 Å². The molecule has 1 aliphatic carbocycles. The molecular formula is C13H17F3N4O2S. The number of anilines is 1. The third-order valence-electron chi connectivity index (χ3n) is 3.98. The summed E-state index contributed by atoms with van der Waals surface area (Å²) < 4.78 is 64.8. The molecule has 0 spiro atoms. The Kier molecular flexibility index (Phi) is 4.21. The van der Waals surface area contributed by atoms with E-state index in [1.807, 2.05) is 0 Å². The molecule has 1 unspecified atom stereocenters. The zero-order valence-electron chi connectivity index (χ0n) is 12.3. The van der Waals surface area contributed by atoms with Crippen LogP contribution < -0.4 is 9.62 Å². The summed E-state index contributed by atoms with van der Waals surface area (Å²) in [6.45, 7) is 0.843. The molecule has 1 saturated heterocycles. The Morgan fingerprint density at radius 2 is 1.96 bits per heavy atom. The molecule has 0 bridgehead atoms. The molecule has 0 amide bonds. The Balaban J connectivity index is 1.71. The van der Waals surface area contributed by atoms with Gasteiger partial charge in [0.25, 0.3) is 0 Å². The second-order valence-corrected chi connectivity index (χ2v) is 7.90. The highest BCUT2D eigenvalue weighted by Gasteiger charge is 2.38. The Morgan fingerprint density at radius 3 is 2.61 bits per heavy atom. The minimum Gasteiger partial charge on any atom is -0.355 e. The predicted molar refractivity (Wildman–Crippen MR) is 77.3 cm³/mol. The van der Waals surface area contributed by atoms with E-state index in [0.717, 1.165) is 12.4 Å². The molecule has 0 radical (unpaired) electrons. The van der Waals surface area contributed by atoms with Crippen molar-refractivity contribution in [1.29, 1.82) is 0 Å². The van der Waals surface area contributed by atoms with E-state index in [1.165, 1.54) is 0 Å². The molecule has 10 heteroatoms. The van der Waals surface area contributed by atoms with Gasteiger partial charge in [0.05, 0.1) is 5.25 Å². The van der Waals surface area contributed by atoms with E-state index in [-0.39, 0.29) is 17.1 Å². The summed E-state index contributed by atoms with van der Waals surface area (Å²) in [4.78, 5) is 8.80. The van der Waals surface area contributed by atoms with Gasteiger partial charge >= 0.3 is 6.18 Å². The van der Waals surface area contributed by atoms with Crippen LogP contribution in [0.1, 0.15) is 31.4 Å². The van der Waals surface area contributed by atoms with Crippen LogP contribution >= 0.6 is 0 Å². The predicted octanol–water partition coefficient (Wildman–Crippen LogP) is 1.55. The largest absolute Gasteiger partial charge is 0.433 e. The number of sulfonamides is 1. The van der Waals surface area contributed by atoms with Crippen LogP contribution in [0.3, 0.4) is 0 Å². The van der Waals surface area contributed by atoms with Gasteiger partial charge in [-0.2, -0.15) is 13.2 Å². The van der Waals surface area contributed by atoms with E-state index in [1.54, 1.807) is 4.90 Å². The molecule has 1 aromatic heterocycles. The van der Waals surface area contributed by atoms with Gasteiger partial charge in [-0.3, -0.25) is 0 Å². The van der Waals surface area contributed by atoms with Crippen molar-refractivity contribution in [3.8, 4) is 0 Å². The monoisotopic (exact) mass is 350 g/mol. The Morgan fingerprint density at radius 1 is 1.22 bits per heavy atom. The number of hydrogen-bond donors (Lipinski definition) is 1. The van der Waals surface area contributed by atoms with Crippen LogP contribution in [-0.4, -0.2) is 42.8 Å². The third kappa shape index (κ3) is 3.92. The molecule has 6 nitrogen and oxygen atoms in total. The van der Waals surface area contributed by atoms with E-state index in [0.29, 0.717) is 38.8 Å². The highest BCUT2D eigenvalue weighted by Crippen LogP contribution is 2.30. The van der Waals surface area contributed by atoms with Gasteiger partial charge in [0.2, 0.25) is 10.0 Å². The van der Waals surface area contributed by atoms with Crippen LogP contribution in [0.15, 0.2) is 12.4 Å². The summed E-state index contributed by atoms with van der Waals surface area (Å²) in [6.07, 6.45) is -0.946. The summed E-state index contributed by atoms with van der Waals surface area (Å²) in [7, 11) is -3.31. The normalized spacial score (nSPS) is 23.1. The zero-order valence-corrected chi connectivity index (χ0v) is 13.1. The second-order valence-electron chi connectivity index (χ2n) is 5.91. The van der Waals surface area contributed by atoms with Crippen molar-refractivity contribution in [1.82, 2.24) is 14.7 Å². The van der Waals surface area contributed by atoms with Gasteiger partial charge in [-0.1, -0.05) is 0 Å². The molecule has 1 aliphatic heterocycles.